The van der Waals surface area contributed by atoms with Crippen molar-refractivity contribution in [2.75, 3.05) is 19.6 Å². The van der Waals surface area contributed by atoms with E-state index in [1.54, 1.807) is 0 Å². The van der Waals surface area contributed by atoms with Crippen LogP contribution >= 0.6 is 0 Å². The predicted octanol–water partition coefficient (Wildman–Crippen LogP) is 12.0. The van der Waals surface area contributed by atoms with Crippen LogP contribution in [0.4, 0.5) is 68.2 Å². The second-order valence-electron chi connectivity index (χ2n) is 21.9. The molecule has 0 unspecified atom stereocenters. The van der Waals surface area contributed by atoms with Gasteiger partial charge in [0, 0.05) is 0 Å². The van der Waals surface area contributed by atoms with Crippen molar-refractivity contribution in [2.24, 2.45) is 0 Å². The molecule has 4 aliphatic heterocycles. The van der Waals surface area contributed by atoms with Crippen molar-refractivity contribution < 1.29 is 0 Å². The van der Waals surface area contributed by atoms with Gasteiger partial charge < -0.3 is 0 Å². The minimum absolute atomic E-state index is 0.0348. The summed E-state index contributed by atoms with van der Waals surface area (Å²) in [6.45, 7) is -0.0695. The standard InChI is InChI=1S/C76H50B2N4Se2/c1-7-28-52(29-8-1)79(53-30-9-2-10-31-53)58-46-68-73-70(48-58)83-75-64(77(73)62-42-21-23-44-66(62)81(68)56-36-15-5-16-37-56)50-65-76(72(75)61-41-25-27-51-26-19-20-40-60(51)61)84-71-49-59(80(54-32-11-3-12-33-54)55-34-13-4-14-35-55)47-69-74(71)78(65)63-43-22-24-45-67(63)82(69)57-38-17-6-18-39-57/h1-50H. The number of hydrogen-bond donors (Lipinski definition) is 0. The number of anilines is 12. The van der Waals surface area contributed by atoms with Gasteiger partial charge in [-0.05, 0) is 0 Å². The van der Waals surface area contributed by atoms with E-state index in [0.29, 0.717) is 0 Å². The third-order valence-corrected chi connectivity index (χ3v) is 22.3. The Morgan fingerprint density at radius 3 is 1.10 bits per heavy atom. The summed E-state index contributed by atoms with van der Waals surface area (Å²) in [6.07, 6.45) is 0. The topological polar surface area (TPSA) is 13.0 Å². The Morgan fingerprint density at radius 2 is 0.655 bits per heavy atom. The fourth-order valence-electron chi connectivity index (χ4n) is 13.8. The third kappa shape index (κ3) is 7.83. The fourth-order valence-corrected chi connectivity index (χ4v) is 19.8. The van der Waals surface area contributed by atoms with E-state index in [4.69, 9.17) is 0 Å². The van der Waals surface area contributed by atoms with Gasteiger partial charge in [0.1, 0.15) is 0 Å². The van der Waals surface area contributed by atoms with E-state index in [1.807, 2.05) is 0 Å². The molecule has 8 heteroatoms. The Labute approximate surface area is 503 Å². The molecule has 84 heavy (non-hydrogen) atoms. The van der Waals surface area contributed by atoms with E-state index in [2.05, 4.69) is 323 Å². The van der Waals surface area contributed by atoms with E-state index in [1.165, 1.54) is 95.3 Å². The van der Waals surface area contributed by atoms with Crippen LogP contribution in [0.15, 0.2) is 303 Å². The summed E-state index contributed by atoms with van der Waals surface area (Å²) in [7, 11) is 0. The van der Waals surface area contributed by atoms with Gasteiger partial charge in [0.2, 0.25) is 0 Å². The summed E-state index contributed by atoms with van der Waals surface area (Å²) in [5.41, 5.74) is 25.1. The molecule has 0 N–H and O–H groups in total. The molecule has 0 bridgehead atoms. The second-order valence-corrected chi connectivity index (χ2v) is 26.3. The van der Waals surface area contributed by atoms with Gasteiger partial charge in [-0.1, -0.05) is 0 Å². The third-order valence-electron chi connectivity index (χ3n) is 17.2. The molecule has 0 saturated heterocycles. The number of benzene rings is 13. The van der Waals surface area contributed by atoms with Crippen LogP contribution in [0.25, 0.3) is 21.9 Å². The van der Waals surface area contributed by atoms with E-state index >= 15 is 0 Å². The van der Waals surface area contributed by atoms with E-state index in [0.717, 1.165) is 45.5 Å². The molecule has 0 saturated carbocycles. The summed E-state index contributed by atoms with van der Waals surface area (Å²) >= 11 is -0.285. The first kappa shape index (κ1) is 49.1. The summed E-state index contributed by atoms with van der Waals surface area (Å²) in [5.74, 6) is 0. The molecule has 4 nitrogen and oxygen atoms in total. The molecule has 0 atom stereocenters. The van der Waals surface area contributed by atoms with Gasteiger partial charge in [0.15, 0.2) is 0 Å². The molecule has 4 heterocycles. The molecular formula is C76H50B2N4Se2. The Bertz CT molecular complexity index is 4360. The zero-order valence-electron chi connectivity index (χ0n) is 45.6. The molecule has 392 valence electrons. The van der Waals surface area contributed by atoms with Crippen LogP contribution in [0.5, 0.6) is 0 Å². The normalized spacial score (nSPS) is 13.0. The molecule has 0 spiro atoms. The number of para-hydroxylation sites is 8. The first-order chi connectivity index (χ1) is 41.7. The molecule has 0 aromatic heterocycles. The summed E-state index contributed by atoms with van der Waals surface area (Å²) in [5, 5.41) is 2.55. The predicted molar refractivity (Wildman–Crippen MR) is 360 cm³/mol. The van der Waals surface area contributed by atoms with Gasteiger partial charge in [-0.2, -0.15) is 0 Å². The SMILES string of the molecule is c1ccc(N(c2ccccc2)c2cc3c4c(c2)N(c2ccccc2)c2ccccc2B4c2cc4c(c(-c5cccc6ccccc56)c2[Se]3)[Se]c2cc(N(c3ccccc3)c3ccccc3)cc3c2B4c2ccccc2N3c2ccccc2)cc1. The molecule has 13 aromatic carbocycles. The number of rotatable bonds is 9. The van der Waals surface area contributed by atoms with Crippen molar-refractivity contribution in [2.45, 2.75) is 0 Å². The maximum atomic E-state index is 2.74. The number of hydrogen-bond acceptors (Lipinski definition) is 4. The molecular weight excluding hydrogens is 1150 g/mol. The first-order valence-corrected chi connectivity index (χ1v) is 32.2. The van der Waals surface area contributed by atoms with E-state index in [-0.39, 0.29) is 43.3 Å². The zero-order chi connectivity index (χ0) is 55.2. The Kier molecular flexibility index (Phi) is 11.8. The van der Waals surface area contributed by atoms with Crippen molar-refractivity contribution in [3.05, 3.63) is 303 Å². The van der Waals surface area contributed by atoms with Crippen molar-refractivity contribution in [3.63, 3.8) is 0 Å². The number of fused-ring (bicyclic) bond motifs is 9. The van der Waals surface area contributed by atoms with Gasteiger partial charge in [-0.25, -0.2) is 0 Å². The second kappa shape index (κ2) is 20.1. The quantitative estimate of drug-likeness (QED) is 0.134. The maximum absolute atomic E-state index is 2.74. The van der Waals surface area contributed by atoms with Gasteiger partial charge in [0.25, 0.3) is 0 Å². The van der Waals surface area contributed by atoms with Gasteiger partial charge >= 0.3 is 507 Å². The summed E-state index contributed by atoms with van der Waals surface area (Å²) in [6, 6.07) is 113. The first-order valence-electron chi connectivity index (χ1n) is 28.8. The molecule has 0 aliphatic carbocycles. The molecule has 0 radical (unpaired) electrons. The van der Waals surface area contributed by atoms with Crippen LogP contribution in [-0.2, 0) is 0 Å². The minimum atomic E-state index is -0.143. The summed E-state index contributed by atoms with van der Waals surface area (Å²) < 4.78 is 5.80. The van der Waals surface area contributed by atoms with Gasteiger partial charge in [0.05, 0.1) is 0 Å². The van der Waals surface area contributed by atoms with Crippen LogP contribution in [-0.4, -0.2) is 43.3 Å². The number of nitrogens with zero attached hydrogens (tertiary/aromatic N) is 4. The fraction of sp³-hybridized carbons (Fsp3) is 0. The molecule has 0 amide bonds. The van der Waals surface area contributed by atoms with Crippen molar-refractivity contribution in [3.8, 4) is 11.1 Å². The molecule has 13 aromatic rings. The van der Waals surface area contributed by atoms with Crippen molar-refractivity contribution in [1.29, 1.82) is 0 Å². The van der Waals surface area contributed by atoms with Gasteiger partial charge in [-0.15, -0.1) is 0 Å². The van der Waals surface area contributed by atoms with Crippen LogP contribution < -0.4 is 70.2 Å². The van der Waals surface area contributed by atoms with E-state index in [9.17, 15) is 0 Å². The Hall–Kier alpha value is -9.51. The van der Waals surface area contributed by atoms with Gasteiger partial charge in [-0.3, -0.25) is 0 Å². The van der Waals surface area contributed by atoms with Crippen molar-refractivity contribution >= 4 is 173 Å². The molecule has 0 fully saturated rings. The van der Waals surface area contributed by atoms with Crippen molar-refractivity contribution in [1.82, 2.24) is 0 Å². The molecule has 4 aliphatic rings. The zero-order valence-corrected chi connectivity index (χ0v) is 49.1. The Morgan fingerprint density at radius 1 is 0.286 bits per heavy atom. The average Bonchev–Trinajstić information content (AvgIpc) is 0.995. The van der Waals surface area contributed by atoms with Crippen LogP contribution in [0.1, 0.15) is 0 Å². The monoisotopic (exact) mass is 1200 g/mol. The average molecular weight is 1200 g/mol. The Balaban J connectivity index is 0.981. The summed E-state index contributed by atoms with van der Waals surface area (Å²) in [4.78, 5) is 10.0. The van der Waals surface area contributed by atoms with Crippen LogP contribution in [0.2, 0.25) is 0 Å². The van der Waals surface area contributed by atoms with Crippen LogP contribution in [0, 0.1) is 0 Å². The van der Waals surface area contributed by atoms with Crippen LogP contribution in [0.3, 0.4) is 0 Å². The van der Waals surface area contributed by atoms with E-state index < -0.39 is 0 Å². The molecule has 17 rings (SSSR count).